The van der Waals surface area contributed by atoms with Crippen molar-refractivity contribution in [2.45, 2.75) is 13.5 Å². The Morgan fingerprint density at radius 2 is 1.87 bits per heavy atom. The number of amides is 1. The van der Waals surface area contributed by atoms with Crippen LogP contribution >= 0.6 is 11.3 Å². The molecule has 0 atom stereocenters. The number of rotatable bonds is 6. The quantitative estimate of drug-likeness (QED) is 0.436. The molecule has 0 aliphatic carbocycles. The summed E-state index contributed by atoms with van der Waals surface area (Å²) in [6.07, 6.45) is 1.75. The largest absolute Gasteiger partial charge is 0.451 e. The van der Waals surface area contributed by atoms with Gasteiger partial charge in [0.25, 0.3) is 5.91 Å². The lowest BCUT2D eigenvalue weighted by atomic mass is 10.2. The molecule has 7 heteroatoms. The number of fused-ring (bicyclic) bond motifs is 1. The van der Waals surface area contributed by atoms with E-state index in [1.807, 2.05) is 55.5 Å². The first-order chi connectivity index (χ1) is 14.5. The van der Waals surface area contributed by atoms with Gasteiger partial charge in [-0.25, -0.2) is 9.78 Å². The molecule has 4 aromatic rings. The van der Waals surface area contributed by atoms with Crippen LogP contribution < -0.4 is 4.90 Å². The van der Waals surface area contributed by atoms with Crippen LogP contribution in [0.2, 0.25) is 0 Å². The average Bonchev–Trinajstić information content (AvgIpc) is 3.38. The van der Waals surface area contributed by atoms with Crippen LogP contribution in [0.3, 0.4) is 0 Å². The van der Waals surface area contributed by atoms with Crippen molar-refractivity contribution in [2.75, 3.05) is 11.5 Å². The fraction of sp³-hybridized carbons (Fsp3) is 0.174. The molecule has 152 valence electrons. The van der Waals surface area contributed by atoms with Gasteiger partial charge in [0.15, 0.2) is 11.7 Å². The van der Waals surface area contributed by atoms with Crippen LogP contribution in [-0.2, 0) is 23.1 Å². The van der Waals surface area contributed by atoms with E-state index in [0.717, 1.165) is 21.3 Å². The molecule has 30 heavy (non-hydrogen) atoms. The second-order valence-electron chi connectivity index (χ2n) is 6.96. The number of aromatic nitrogens is 2. The summed E-state index contributed by atoms with van der Waals surface area (Å²) in [5.74, 6) is -0.853. The molecule has 1 amide bonds. The SMILES string of the molecule is Cc1cccc2sc(N(Cc3ccccc3)C(=O)COC(=O)c3cccn3C)nc12. The smallest absolute Gasteiger partial charge is 0.355 e. The number of esters is 1. The summed E-state index contributed by atoms with van der Waals surface area (Å²) >= 11 is 1.45. The second-order valence-corrected chi connectivity index (χ2v) is 7.97. The summed E-state index contributed by atoms with van der Waals surface area (Å²) in [5.41, 5.74) is 3.30. The van der Waals surface area contributed by atoms with E-state index >= 15 is 0 Å². The normalized spacial score (nSPS) is 10.9. The topological polar surface area (TPSA) is 64.4 Å². The molecule has 2 aromatic carbocycles. The molecule has 0 unspecified atom stereocenters. The predicted molar refractivity (Wildman–Crippen MR) is 118 cm³/mol. The standard InChI is InChI=1S/C23H21N3O3S/c1-16-8-6-12-19-21(16)24-23(30-19)26(14-17-9-4-3-5-10-17)20(27)15-29-22(28)18-11-7-13-25(18)2/h3-13H,14-15H2,1-2H3. The molecule has 4 rings (SSSR count). The van der Waals surface area contributed by atoms with Crippen molar-refractivity contribution in [3.8, 4) is 0 Å². The highest BCUT2D eigenvalue weighted by molar-refractivity contribution is 7.22. The van der Waals surface area contributed by atoms with E-state index in [1.165, 1.54) is 11.3 Å². The molecule has 6 nitrogen and oxygen atoms in total. The Morgan fingerprint density at radius 1 is 1.07 bits per heavy atom. The van der Waals surface area contributed by atoms with E-state index in [-0.39, 0.29) is 12.5 Å². The molecule has 0 radical (unpaired) electrons. The fourth-order valence-corrected chi connectivity index (χ4v) is 4.23. The van der Waals surface area contributed by atoms with Gasteiger partial charge >= 0.3 is 5.97 Å². The maximum Gasteiger partial charge on any atom is 0.355 e. The number of anilines is 1. The summed E-state index contributed by atoms with van der Waals surface area (Å²) < 4.78 is 7.96. The maximum atomic E-state index is 13.1. The monoisotopic (exact) mass is 419 g/mol. The molecule has 0 spiro atoms. The van der Waals surface area contributed by atoms with Gasteiger partial charge in [0.1, 0.15) is 5.69 Å². The summed E-state index contributed by atoms with van der Waals surface area (Å²) in [7, 11) is 1.75. The molecule has 0 N–H and O–H groups in total. The first-order valence-electron chi connectivity index (χ1n) is 9.52. The molecule has 0 fully saturated rings. The Labute approximate surface area is 178 Å². The molecule has 0 bridgehead atoms. The predicted octanol–water partition coefficient (Wildman–Crippen LogP) is 4.33. The van der Waals surface area contributed by atoms with Gasteiger partial charge in [-0.3, -0.25) is 9.69 Å². The number of nitrogens with zero attached hydrogens (tertiary/aromatic N) is 3. The third-order valence-electron chi connectivity index (χ3n) is 4.80. The number of hydrogen-bond donors (Lipinski definition) is 0. The van der Waals surface area contributed by atoms with Crippen molar-refractivity contribution in [1.82, 2.24) is 9.55 Å². The van der Waals surface area contributed by atoms with Crippen molar-refractivity contribution in [2.24, 2.45) is 7.05 Å². The first kappa shape index (κ1) is 19.8. The first-order valence-corrected chi connectivity index (χ1v) is 10.3. The minimum Gasteiger partial charge on any atom is -0.451 e. The van der Waals surface area contributed by atoms with E-state index in [4.69, 9.17) is 9.72 Å². The molecule has 0 aliphatic heterocycles. The van der Waals surface area contributed by atoms with Crippen molar-refractivity contribution < 1.29 is 14.3 Å². The number of aryl methyl sites for hydroxylation is 2. The van der Waals surface area contributed by atoms with Gasteiger partial charge in [-0.2, -0.15) is 0 Å². The van der Waals surface area contributed by atoms with Gasteiger partial charge in [0, 0.05) is 13.2 Å². The second kappa shape index (κ2) is 8.51. The van der Waals surface area contributed by atoms with Crippen LogP contribution in [0.15, 0.2) is 66.9 Å². The van der Waals surface area contributed by atoms with Crippen molar-refractivity contribution in [3.63, 3.8) is 0 Å². The van der Waals surface area contributed by atoms with E-state index in [1.54, 1.807) is 34.8 Å². The number of ether oxygens (including phenoxy) is 1. The zero-order valence-electron chi connectivity index (χ0n) is 16.7. The maximum absolute atomic E-state index is 13.1. The molecular weight excluding hydrogens is 398 g/mol. The highest BCUT2D eigenvalue weighted by atomic mass is 32.1. The number of hydrogen-bond acceptors (Lipinski definition) is 5. The number of para-hydroxylation sites is 1. The highest BCUT2D eigenvalue weighted by Gasteiger charge is 2.23. The Bertz CT molecular complexity index is 1200. The molecule has 0 aliphatic rings. The van der Waals surface area contributed by atoms with Gasteiger partial charge in [-0.1, -0.05) is 53.8 Å². The Hall–Kier alpha value is -3.45. The summed E-state index contributed by atoms with van der Waals surface area (Å²) in [6, 6.07) is 19.1. The van der Waals surface area contributed by atoms with Crippen LogP contribution in [0.1, 0.15) is 21.6 Å². The minimum absolute atomic E-state index is 0.321. The van der Waals surface area contributed by atoms with Crippen molar-refractivity contribution in [3.05, 3.63) is 83.7 Å². The lowest BCUT2D eigenvalue weighted by molar-refractivity contribution is -0.121. The lowest BCUT2D eigenvalue weighted by Gasteiger charge is -2.20. The van der Waals surface area contributed by atoms with Crippen LogP contribution in [0.25, 0.3) is 10.2 Å². The van der Waals surface area contributed by atoms with Crippen LogP contribution in [0, 0.1) is 6.92 Å². The Balaban J connectivity index is 1.59. The Kier molecular flexibility index (Phi) is 5.63. The third kappa shape index (κ3) is 4.11. The molecule has 2 heterocycles. The number of carbonyl (C=O) groups excluding carboxylic acids is 2. The number of carbonyl (C=O) groups is 2. The van der Waals surface area contributed by atoms with Crippen molar-refractivity contribution >= 4 is 38.6 Å². The summed E-state index contributed by atoms with van der Waals surface area (Å²) in [4.78, 5) is 31.7. The molecular formula is C23H21N3O3S. The van der Waals surface area contributed by atoms with Gasteiger partial charge in [0.05, 0.1) is 16.8 Å². The molecule has 0 saturated heterocycles. The molecule has 2 aromatic heterocycles. The van der Waals surface area contributed by atoms with E-state index in [9.17, 15) is 9.59 Å². The average molecular weight is 420 g/mol. The zero-order chi connectivity index (χ0) is 21.1. The summed E-state index contributed by atoms with van der Waals surface area (Å²) in [5, 5.41) is 0.586. The van der Waals surface area contributed by atoms with Crippen LogP contribution in [0.5, 0.6) is 0 Å². The van der Waals surface area contributed by atoms with Gasteiger partial charge < -0.3 is 9.30 Å². The lowest BCUT2D eigenvalue weighted by Crippen LogP contribution is -2.34. The third-order valence-corrected chi connectivity index (χ3v) is 5.85. The van der Waals surface area contributed by atoms with Gasteiger partial charge in [-0.15, -0.1) is 0 Å². The van der Waals surface area contributed by atoms with Crippen LogP contribution in [-0.4, -0.2) is 28.0 Å². The van der Waals surface area contributed by atoms with Crippen molar-refractivity contribution in [1.29, 1.82) is 0 Å². The fourth-order valence-electron chi connectivity index (χ4n) is 3.17. The highest BCUT2D eigenvalue weighted by Crippen LogP contribution is 2.31. The number of benzene rings is 2. The van der Waals surface area contributed by atoms with Gasteiger partial charge in [0.2, 0.25) is 0 Å². The van der Waals surface area contributed by atoms with Crippen LogP contribution in [0.4, 0.5) is 5.13 Å². The minimum atomic E-state index is -0.532. The molecule has 0 saturated carbocycles. The zero-order valence-corrected chi connectivity index (χ0v) is 17.6. The van der Waals surface area contributed by atoms with E-state index in [2.05, 4.69) is 0 Å². The van der Waals surface area contributed by atoms with Gasteiger partial charge in [-0.05, 0) is 36.2 Å². The van der Waals surface area contributed by atoms with E-state index < -0.39 is 5.97 Å². The summed E-state index contributed by atoms with van der Waals surface area (Å²) in [6.45, 7) is 1.99. The Morgan fingerprint density at radius 3 is 2.57 bits per heavy atom. The van der Waals surface area contributed by atoms with E-state index in [0.29, 0.717) is 17.4 Å². The number of thiazole rings is 1.